The molecule has 142 valence electrons. The van der Waals surface area contributed by atoms with E-state index in [-0.39, 0.29) is 5.91 Å². The van der Waals surface area contributed by atoms with Crippen molar-refractivity contribution in [1.82, 2.24) is 14.9 Å². The lowest BCUT2D eigenvalue weighted by Crippen LogP contribution is -2.36. The van der Waals surface area contributed by atoms with Crippen LogP contribution >= 0.6 is 0 Å². The first kappa shape index (κ1) is 18.2. The highest BCUT2D eigenvalue weighted by molar-refractivity contribution is 5.93. The summed E-state index contributed by atoms with van der Waals surface area (Å²) in [5, 5.41) is 3.23. The number of aromatic nitrogens is 2. The number of carbonyl (C=O) groups is 1. The highest BCUT2D eigenvalue weighted by Crippen LogP contribution is 2.20. The summed E-state index contributed by atoms with van der Waals surface area (Å²) in [5.41, 5.74) is 4.42. The van der Waals surface area contributed by atoms with Gasteiger partial charge in [-0.25, -0.2) is 9.97 Å². The number of fused-ring (bicyclic) bond motifs is 1. The molecule has 2 aromatic carbocycles. The van der Waals surface area contributed by atoms with Crippen LogP contribution in [0.1, 0.15) is 33.5 Å². The Morgan fingerprint density at radius 2 is 1.68 bits per heavy atom. The van der Waals surface area contributed by atoms with Gasteiger partial charge >= 0.3 is 0 Å². The summed E-state index contributed by atoms with van der Waals surface area (Å²) in [7, 11) is 0. The van der Waals surface area contributed by atoms with Gasteiger partial charge in [-0.3, -0.25) is 4.79 Å². The highest BCUT2D eigenvalue weighted by atomic mass is 16.2. The highest BCUT2D eigenvalue weighted by Gasteiger charge is 2.21. The zero-order valence-corrected chi connectivity index (χ0v) is 15.8. The lowest BCUT2D eigenvalue weighted by molar-refractivity contribution is 0.0734. The predicted molar refractivity (Wildman–Crippen MR) is 110 cm³/mol. The third-order valence-corrected chi connectivity index (χ3v) is 5.08. The van der Waals surface area contributed by atoms with Crippen molar-refractivity contribution < 1.29 is 4.79 Å². The van der Waals surface area contributed by atoms with Crippen molar-refractivity contribution in [1.29, 1.82) is 0 Å². The van der Waals surface area contributed by atoms with E-state index in [1.807, 2.05) is 17.0 Å². The number of rotatable bonds is 6. The van der Waals surface area contributed by atoms with Gasteiger partial charge in [-0.15, -0.1) is 0 Å². The Hall–Kier alpha value is -3.21. The van der Waals surface area contributed by atoms with E-state index >= 15 is 0 Å². The van der Waals surface area contributed by atoms with Crippen LogP contribution in [-0.4, -0.2) is 33.9 Å². The van der Waals surface area contributed by atoms with Gasteiger partial charge in [0.1, 0.15) is 0 Å². The van der Waals surface area contributed by atoms with Crippen molar-refractivity contribution in [2.75, 3.05) is 18.4 Å². The van der Waals surface area contributed by atoms with E-state index in [0.29, 0.717) is 18.1 Å². The number of aryl methyl sites for hydroxylation is 1. The molecule has 0 bridgehead atoms. The van der Waals surface area contributed by atoms with E-state index in [9.17, 15) is 4.79 Å². The SMILES string of the molecule is O=C(c1cnc(NCCCc2ccccc2)nc1)N1CCc2ccccc2C1. The second-order valence-electron chi connectivity index (χ2n) is 7.06. The first-order valence-corrected chi connectivity index (χ1v) is 9.75. The van der Waals surface area contributed by atoms with Crippen LogP contribution in [0.3, 0.4) is 0 Å². The van der Waals surface area contributed by atoms with Crippen LogP contribution in [0.25, 0.3) is 0 Å². The number of nitrogens with one attached hydrogen (secondary N) is 1. The second kappa shape index (κ2) is 8.65. The third kappa shape index (κ3) is 4.36. The fourth-order valence-electron chi connectivity index (χ4n) is 3.52. The topological polar surface area (TPSA) is 58.1 Å². The molecular weight excluding hydrogens is 348 g/mol. The molecular formula is C23H24N4O. The van der Waals surface area contributed by atoms with Crippen LogP contribution < -0.4 is 5.32 Å². The molecule has 5 nitrogen and oxygen atoms in total. The van der Waals surface area contributed by atoms with Gasteiger partial charge in [0.05, 0.1) is 5.56 Å². The number of anilines is 1. The molecule has 0 spiro atoms. The van der Waals surface area contributed by atoms with Gasteiger partial charge in [-0.05, 0) is 36.0 Å². The molecule has 1 aromatic heterocycles. The van der Waals surface area contributed by atoms with Gasteiger partial charge in [0, 0.05) is 32.0 Å². The Bertz CT molecular complexity index is 925. The molecule has 28 heavy (non-hydrogen) atoms. The third-order valence-electron chi connectivity index (χ3n) is 5.08. The van der Waals surface area contributed by atoms with Crippen molar-refractivity contribution in [3.05, 3.63) is 89.2 Å². The average molecular weight is 372 g/mol. The van der Waals surface area contributed by atoms with Gasteiger partial charge in [0.15, 0.2) is 0 Å². The van der Waals surface area contributed by atoms with E-state index in [0.717, 1.165) is 32.4 Å². The Morgan fingerprint density at radius 3 is 2.46 bits per heavy atom. The summed E-state index contributed by atoms with van der Waals surface area (Å²) in [4.78, 5) is 23.3. The van der Waals surface area contributed by atoms with E-state index in [1.54, 1.807) is 12.4 Å². The van der Waals surface area contributed by atoms with Crippen molar-refractivity contribution in [2.24, 2.45) is 0 Å². The van der Waals surface area contributed by atoms with Gasteiger partial charge in [-0.2, -0.15) is 0 Å². The molecule has 0 saturated carbocycles. The monoisotopic (exact) mass is 372 g/mol. The van der Waals surface area contributed by atoms with E-state index in [4.69, 9.17) is 0 Å². The normalized spacial score (nSPS) is 13.1. The smallest absolute Gasteiger partial charge is 0.257 e. The molecule has 0 aliphatic carbocycles. The summed E-state index contributed by atoms with van der Waals surface area (Å²) in [6.45, 7) is 2.18. The fraction of sp³-hybridized carbons (Fsp3) is 0.261. The zero-order valence-electron chi connectivity index (χ0n) is 15.8. The molecule has 0 radical (unpaired) electrons. The minimum absolute atomic E-state index is 0.00914. The van der Waals surface area contributed by atoms with E-state index in [1.165, 1.54) is 16.7 Å². The van der Waals surface area contributed by atoms with Gasteiger partial charge in [0.25, 0.3) is 5.91 Å². The summed E-state index contributed by atoms with van der Waals surface area (Å²) < 4.78 is 0. The zero-order chi connectivity index (χ0) is 19.2. The molecule has 1 amide bonds. The fourth-order valence-corrected chi connectivity index (χ4v) is 3.52. The minimum Gasteiger partial charge on any atom is -0.354 e. The lowest BCUT2D eigenvalue weighted by atomic mass is 9.99. The molecule has 2 heterocycles. The lowest BCUT2D eigenvalue weighted by Gasteiger charge is -2.28. The first-order chi connectivity index (χ1) is 13.8. The van der Waals surface area contributed by atoms with Gasteiger partial charge in [0.2, 0.25) is 5.95 Å². The minimum atomic E-state index is -0.00914. The van der Waals surface area contributed by atoms with Gasteiger partial charge in [-0.1, -0.05) is 54.6 Å². The number of nitrogens with zero attached hydrogens (tertiary/aromatic N) is 3. The quantitative estimate of drug-likeness (QED) is 0.670. The summed E-state index contributed by atoms with van der Waals surface area (Å²) >= 11 is 0. The molecule has 1 aliphatic heterocycles. The molecule has 0 unspecified atom stereocenters. The molecule has 3 aromatic rings. The van der Waals surface area contributed by atoms with Crippen molar-refractivity contribution in [3.63, 3.8) is 0 Å². The standard InChI is InChI=1S/C23H24N4O/c28-22(27-14-12-19-10-4-5-11-20(19)17-27)21-15-25-23(26-16-21)24-13-6-9-18-7-2-1-3-8-18/h1-5,7-8,10-11,15-16H,6,9,12-14,17H2,(H,24,25,26). The largest absolute Gasteiger partial charge is 0.354 e. The summed E-state index contributed by atoms with van der Waals surface area (Å²) in [5.74, 6) is 0.554. The van der Waals surface area contributed by atoms with Crippen molar-refractivity contribution in [2.45, 2.75) is 25.8 Å². The predicted octanol–water partition coefficient (Wildman–Crippen LogP) is 3.72. The summed E-state index contributed by atoms with van der Waals surface area (Å²) in [6.07, 6.45) is 6.15. The Kier molecular flexibility index (Phi) is 5.61. The van der Waals surface area contributed by atoms with Crippen LogP contribution in [0.4, 0.5) is 5.95 Å². The van der Waals surface area contributed by atoms with E-state index < -0.39 is 0 Å². The van der Waals surface area contributed by atoms with Crippen LogP contribution in [0.5, 0.6) is 0 Å². The maximum Gasteiger partial charge on any atom is 0.257 e. The maximum absolute atomic E-state index is 12.8. The summed E-state index contributed by atoms with van der Waals surface area (Å²) in [6, 6.07) is 18.7. The molecule has 4 rings (SSSR count). The van der Waals surface area contributed by atoms with Crippen LogP contribution in [0, 0.1) is 0 Å². The van der Waals surface area contributed by atoms with E-state index in [2.05, 4.69) is 57.7 Å². The van der Waals surface area contributed by atoms with Gasteiger partial charge < -0.3 is 10.2 Å². The Balaban J connectivity index is 1.29. The average Bonchev–Trinajstić information content (AvgIpc) is 2.77. The number of hydrogen-bond acceptors (Lipinski definition) is 4. The molecule has 0 fully saturated rings. The number of carbonyl (C=O) groups excluding carboxylic acids is 1. The number of benzene rings is 2. The molecule has 1 aliphatic rings. The van der Waals surface area contributed by atoms with Crippen LogP contribution in [0.15, 0.2) is 67.0 Å². The van der Waals surface area contributed by atoms with Crippen LogP contribution in [0.2, 0.25) is 0 Å². The number of hydrogen-bond donors (Lipinski definition) is 1. The molecule has 0 atom stereocenters. The van der Waals surface area contributed by atoms with Crippen molar-refractivity contribution in [3.8, 4) is 0 Å². The Labute approximate surface area is 165 Å². The van der Waals surface area contributed by atoms with Crippen molar-refractivity contribution >= 4 is 11.9 Å². The molecule has 5 heteroatoms. The molecule has 0 saturated heterocycles. The molecule has 1 N–H and O–H groups in total. The Morgan fingerprint density at radius 1 is 0.964 bits per heavy atom. The maximum atomic E-state index is 12.8. The first-order valence-electron chi connectivity index (χ1n) is 9.75. The second-order valence-corrected chi connectivity index (χ2v) is 7.06. The van der Waals surface area contributed by atoms with Crippen LogP contribution in [-0.2, 0) is 19.4 Å². The number of amides is 1.